The first kappa shape index (κ1) is 18.6. The Balaban J connectivity index is 1.44. The van der Waals surface area contributed by atoms with Crippen LogP contribution in [0.1, 0.15) is 29.5 Å². The maximum Gasteiger partial charge on any atom is 0.145 e. The van der Waals surface area contributed by atoms with Gasteiger partial charge in [-0.2, -0.15) is 0 Å². The Labute approximate surface area is 160 Å². The fourth-order valence-corrected chi connectivity index (χ4v) is 2.84. The predicted molar refractivity (Wildman–Crippen MR) is 113 cm³/mol. The van der Waals surface area contributed by atoms with E-state index in [4.69, 9.17) is 10.5 Å². The van der Waals surface area contributed by atoms with E-state index in [0.717, 1.165) is 37.2 Å². The van der Waals surface area contributed by atoms with Crippen molar-refractivity contribution in [3.05, 3.63) is 89.5 Å². The number of ether oxygens (including phenoxy) is 1. The van der Waals surface area contributed by atoms with E-state index >= 15 is 0 Å². The van der Waals surface area contributed by atoms with Gasteiger partial charge in [0.1, 0.15) is 11.5 Å². The highest BCUT2D eigenvalue weighted by molar-refractivity contribution is 5.76. The summed E-state index contributed by atoms with van der Waals surface area (Å²) in [7, 11) is 0. The summed E-state index contributed by atoms with van der Waals surface area (Å²) in [6, 6.07) is 23.8. The highest BCUT2D eigenvalue weighted by Crippen LogP contribution is 2.26. The third-order valence-corrected chi connectivity index (χ3v) is 4.41. The van der Waals surface area contributed by atoms with E-state index < -0.39 is 0 Å². The number of anilines is 1. The van der Waals surface area contributed by atoms with Gasteiger partial charge in [-0.1, -0.05) is 66.7 Å². The predicted octanol–water partition coefficient (Wildman–Crippen LogP) is 5.55. The summed E-state index contributed by atoms with van der Waals surface area (Å²) < 4.78 is 5.82. The summed E-state index contributed by atoms with van der Waals surface area (Å²) in [6.45, 7) is 0.721. The van der Waals surface area contributed by atoms with Crippen LogP contribution in [0.15, 0.2) is 72.8 Å². The SMILES string of the molecule is Nc1cccc(C=Cc2ccc(OCCCCc3ccccc3)cc2)c1O. The third-order valence-electron chi connectivity index (χ3n) is 4.41. The van der Waals surface area contributed by atoms with Crippen LogP contribution in [0.5, 0.6) is 11.5 Å². The molecular weight excluding hydrogens is 334 g/mol. The van der Waals surface area contributed by atoms with Gasteiger partial charge in [0.15, 0.2) is 0 Å². The van der Waals surface area contributed by atoms with E-state index in [0.29, 0.717) is 11.3 Å². The maximum atomic E-state index is 9.94. The summed E-state index contributed by atoms with van der Waals surface area (Å²) in [6.07, 6.45) is 7.04. The van der Waals surface area contributed by atoms with Crippen molar-refractivity contribution in [2.45, 2.75) is 19.3 Å². The second kappa shape index (κ2) is 9.48. The number of benzene rings is 3. The maximum absolute atomic E-state index is 9.94. The molecule has 0 spiro atoms. The Morgan fingerprint density at radius 3 is 2.37 bits per heavy atom. The standard InChI is InChI=1S/C24H25NO2/c25-23-11-6-10-21(24(23)26)15-12-20-13-16-22(17-14-20)27-18-5-4-9-19-7-2-1-3-8-19/h1-3,6-8,10-17,26H,4-5,9,18,25H2. The van der Waals surface area contributed by atoms with Crippen LogP contribution in [0, 0.1) is 0 Å². The molecule has 3 aromatic carbocycles. The van der Waals surface area contributed by atoms with Gasteiger partial charge >= 0.3 is 0 Å². The Morgan fingerprint density at radius 2 is 1.59 bits per heavy atom. The topological polar surface area (TPSA) is 55.5 Å². The first-order valence-electron chi connectivity index (χ1n) is 9.25. The van der Waals surface area contributed by atoms with E-state index in [9.17, 15) is 5.11 Å². The highest BCUT2D eigenvalue weighted by Gasteiger charge is 2.00. The molecule has 27 heavy (non-hydrogen) atoms. The zero-order valence-electron chi connectivity index (χ0n) is 15.3. The van der Waals surface area contributed by atoms with Crippen molar-refractivity contribution in [2.24, 2.45) is 0 Å². The molecule has 138 valence electrons. The molecule has 0 aliphatic rings. The van der Waals surface area contributed by atoms with Gasteiger partial charge in [0, 0.05) is 5.56 Å². The largest absolute Gasteiger partial charge is 0.505 e. The molecule has 0 saturated carbocycles. The lowest BCUT2D eigenvalue weighted by molar-refractivity contribution is 0.307. The number of phenolic OH excluding ortho intramolecular Hbond substituents is 1. The number of nitrogens with two attached hydrogens (primary N) is 1. The molecule has 3 aromatic rings. The van der Waals surface area contributed by atoms with Crippen molar-refractivity contribution < 1.29 is 9.84 Å². The first-order chi connectivity index (χ1) is 13.2. The lowest BCUT2D eigenvalue weighted by Gasteiger charge is -2.07. The normalized spacial score (nSPS) is 11.0. The zero-order chi connectivity index (χ0) is 18.9. The Bertz CT molecular complexity index is 871. The van der Waals surface area contributed by atoms with E-state index in [2.05, 4.69) is 24.3 Å². The van der Waals surface area contributed by atoms with E-state index in [1.165, 1.54) is 5.56 Å². The minimum absolute atomic E-state index is 0.115. The average molecular weight is 359 g/mol. The van der Waals surface area contributed by atoms with Crippen molar-refractivity contribution in [3.63, 3.8) is 0 Å². The third kappa shape index (κ3) is 5.65. The molecule has 0 heterocycles. The van der Waals surface area contributed by atoms with E-state index in [1.807, 2.05) is 54.6 Å². The van der Waals surface area contributed by atoms with Gasteiger partial charge < -0.3 is 15.6 Å². The van der Waals surface area contributed by atoms with Gasteiger partial charge in [-0.05, 0) is 48.6 Å². The summed E-state index contributed by atoms with van der Waals surface area (Å²) in [5.74, 6) is 0.989. The molecular formula is C24H25NO2. The van der Waals surface area contributed by atoms with Crippen LogP contribution in [0.25, 0.3) is 12.2 Å². The number of nitrogen functional groups attached to an aromatic ring is 1. The quantitative estimate of drug-likeness (QED) is 0.240. The smallest absolute Gasteiger partial charge is 0.145 e. The monoisotopic (exact) mass is 359 g/mol. The summed E-state index contributed by atoms with van der Waals surface area (Å²) in [4.78, 5) is 0. The molecule has 0 unspecified atom stereocenters. The van der Waals surface area contributed by atoms with Crippen LogP contribution in [0.2, 0.25) is 0 Å². The van der Waals surface area contributed by atoms with Gasteiger partial charge in [0.05, 0.1) is 12.3 Å². The van der Waals surface area contributed by atoms with Crippen LogP contribution >= 0.6 is 0 Å². The van der Waals surface area contributed by atoms with Crippen LogP contribution in [0.3, 0.4) is 0 Å². The van der Waals surface area contributed by atoms with Crippen molar-refractivity contribution in [1.29, 1.82) is 0 Å². The number of aromatic hydroxyl groups is 1. The van der Waals surface area contributed by atoms with Gasteiger partial charge in [-0.3, -0.25) is 0 Å². The number of hydrogen-bond donors (Lipinski definition) is 2. The van der Waals surface area contributed by atoms with Gasteiger partial charge in [0.2, 0.25) is 0 Å². The van der Waals surface area contributed by atoms with Gasteiger partial charge in [0.25, 0.3) is 0 Å². The molecule has 0 aromatic heterocycles. The molecule has 3 heteroatoms. The fourth-order valence-electron chi connectivity index (χ4n) is 2.84. The molecule has 0 atom stereocenters. The Kier molecular flexibility index (Phi) is 6.53. The van der Waals surface area contributed by atoms with Crippen molar-refractivity contribution in [3.8, 4) is 11.5 Å². The van der Waals surface area contributed by atoms with Crippen molar-refractivity contribution >= 4 is 17.8 Å². The summed E-state index contributed by atoms with van der Waals surface area (Å²) >= 11 is 0. The second-order valence-corrected chi connectivity index (χ2v) is 6.48. The van der Waals surface area contributed by atoms with Crippen LogP contribution in [-0.2, 0) is 6.42 Å². The molecule has 0 bridgehead atoms. The first-order valence-corrected chi connectivity index (χ1v) is 9.25. The highest BCUT2D eigenvalue weighted by atomic mass is 16.5. The Morgan fingerprint density at radius 1 is 0.815 bits per heavy atom. The minimum Gasteiger partial charge on any atom is -0.505 e. The van der Waals surface area contributed by atoms with Crippen LogP contribution < -0.4 is 10.5 Å². The fraction of sp³-hybridized carbons (Fsp3) is 0.167. The zero-order valence-corrected chi connectivity index (χ0v) is 15.3. The molecule has 0 amide bonds. The number of rotatable bonds is 8. The molecule has 0 saturated heterocycles. The van der Waals surface area contributed by atoms with Crippen molar-refractivity contribution in [2.75, 3.05) is 12.3 Å². The molecule has 0 aliphatic carbocycles. The lowest BCUT2D eigenvalue weighted by Crippen LogP contribution is -1.98. The second-order valence-electron chi connectivity index (χ2n) is 6.48. The van der Waals surface area contributed by atoms with Gasteiger partial charge in [-0.15, -0.1) is 0 Å². The minimum atomic E-state index is 0.115. The number of para-hydroxylation sites is 1. The van der Waals surface area contributed by atoms with Crippen LogP contribution in [-0.4, -0.2) is 11.7 Å². The molecule has 0 fully saturated rings. The summed E-state index contributed by atoms with van der Waals surface area (Å²) in [5, 5.41) is 9.94. The Hall–Kier alpha value is -3.20. The van der Waals surface area contributed by atoms with E-state index in [1.54, 1.807) is 6.07 Å². The number of aryl methyl sites for hydroxylation is 1. The number of hydrogen-bond acceptors (Lipinski definition) is 3. The number of phenols is 1. The van der Waals surface area contributed by atoms with Gasteiger partial charge in [-0.25, -0.2) is 0 Å². The molecule has 0 radical (unpaired) electrons. The van der Waals surface area contributed by atoms with Crippen molar-refractivity contribution in [1.82, 2.24) is 0 Å². The average Bonchev–Trinajstić information content (AvgIpc) is 2.70. The van der Waals surface area contributed by atoms with E-state index in [-0.39, 0.29) is 5.75 Å². The molecule has 3 nitrogen and oxygen atoms in total. The summed E-state index contributed by atoms with van der Waals surface area (Å²) in [5.41, 5.74) is 9.21. The molecule has 0 aliphatic heterocycles. The van der Waals surface area contributed by atoms with Crippen LogP contribution in [0.4, 0.5) is 5.69 Å². The number of unbranched alkanes of at least 4 members (excludes halogenated alkanes) is 1. The molecule has 3 rings (SSSR count). The lowest BCUT2D eigenvalue weighted by atomic mass is 10.1. The molecule has 3 N–H and O–H groups in total.